The second kappa shape index (κ2) is 4.57. The number of rotatable bonds is 1. The molecule has 0 unspecified atom stereocenters. The second-order valence-electron chi connectivity index (χ2n) is 5.07. The summed E-state index contributed by atoms with van der Waals surface area (Å²) in [7, 11) is 0. The van der Waals surface area contributed by atoms with Gasteiger partial charge in [0.25, 0.3) is 0 Å². The number of piperidine rings is 1. The maximum atomic E-state index is 11.4. The molecule has 1 aromatic carbocycles. The van der Waals surface area contributed by atoms with Crippen molar-refractivity contribution in [1.29, 1.82) is 0 Å². The van der Waals surface area contributed by atoms with Gasteiger partial charge in [-0.2, -0.15) is 0 Å². The number of carbonyl (C=O) groups is 1. The molecule has 0 saturated carbocycles. The van der Waals surface area contributed by atoms with Crippen LogP contribution in [-0.2, 0) is 4.79 Å². The SMILES string of the molecule is CC(=O)N1CCC(n2c(N)nc3ccccc32)CC1. The molecule has 2 N–H and O–H groups in total. The Balaban J connectivity index is 1.89. The Hall–Kier alpha value is -2.04. The molecule has 0 bridgehead atoms. The maximum absolute atomic E-state index is 11.4. The van der Waals surface area contributed by atoms with Crippen LogP contribution >= 0.6 is 0 Å². The molecule has 1 aromatic heterocycles. The standard InChI is InChI=1S/C14H18N4O/c1-10(19)17-8-6-11(7-9-17)18-13-5-3-2-4-12(13)16-14(18)15/h2-5,11H,6-9H2,1H3,(H2,15,16). The summed E-state index contributed by atoms with van der Waals surface area (Å²) in [5, 5.41) is 0. The highest BCUT2D eigenvalue weighted by molar-refractivity contribution is 5.78. The van der Waals surface area contributed by atoms with Crippen LogP contribution in [0.4, 0.5) is 5.95 Å². The quantitative estimate of drug-likeness (QED) is 0.848. The second-order valence-corrected chi connectivity index (χ2v) is 5.07. The zero-order valence-corrected chi connectivity index (χ0v) is 11.0. The van der Waals surface area contributed by atoms with Crippen LogP contribution in [-0.4, -0.2) is 33.4 Å². The molecule has 0 aliphatic carbocycles. The van der Waals surface area contributed by atoms with E-state index in [-0.39, 0.29) is 5.91 Å². The first kappa shape index (κ1) is 12.0. The Morgan fingerprint density at radius 3 is 2.68 bits per heavy atom. The molecule has 2 aromatic rings. The van der Waals surface area contributed by atoms with E-state index in [1.54, 1.807) is 6.92 Å². The number of nitrogens with two attached hydrogens (primary N) is 1. The van der Waals surface area contributed by atoms with Crippen molar-refractivity contribution in [3.8, 4) is 0 Å². The Kier molecular flexibility index (Phi) is 2.89. The van der Waals surface area contributed by atoms with Crippen LogP contribution in [0.15, 0.2) is 24.3 Å². The molecular weight excluding hydrogens is 240 g/mol. The van der Waals surface area contributed by atoms with Gasteiger partial charge in [0.05, 0.1) is 11.0 Å². The zero-order valence-electron chi connectivity index (χ0n) is 11.0. The van der Waals surface area contributed by atoms with Gasteiger partial charge < -0.3 is 15.2 Å². The topological polar surface area (TPSA) is 64.2 Å². The third-order valence-electron chi connectivity index (χ3n) is 3.90. The maximum Gasteiger partial charge on any atom is 0.219 e. The van der Waals surface area contributed by atoms with Crippen molar-refractivity contribution in [2.45, 2.75) is 25.8 Å². The molecule has 1 fully saturated rings. The predicted molar refractivity (Wildman–Crippen MR) is 74.7 cm³/mol. The molecular formula is C14H18N4O. The lowest BCUT2D eigenvalue weighted by molar-refractivity contribution is -0.130. The normalized spacial score (nSPS) is 17.0. The minimum atomic E-state index is 0.155. The monoisotopic (exact) mass is 258 g/mol. The van der Waals surface area contributed by atoms with Crippen molar-refractivity contribution < 1.29 is 4.79 Å². The summed E-state index contributed by atoms with van der Waals surface area (Å²) >= 11 is 0. The number of para-hydroxylation sites is 2. The van der Waals surface area contributed by atoms with Crippen molar-refractivity contribution >= 4 is 22.9 Å². The highest BCUT2D eigenvalue weighted by atomic mass is 16.2. The Bertz CT molecular complexity index is 611. The zero-order chi connectivity index (χ0) is 13.4. The molecule has 1 saturated heterocycles. The number of nitrogens with zero attached hydrogens (tertiary/aromatic N) is 3. The van der Waals surface area contributed by atoms with Crippen LogP contribution < -0.4 is 5.73 Å². The summed E-state index contributed by atoms with van der Waals surface area (Å²) in [6.07, 6.45) is 1.87. The number of aromatic nitrogens is 2. The van der Waals surface area contributed by atoms with E-state index in [0.717, 1.165) is 37.0 Å². The Morgan fingerprint density at radius 1 is 1.32 bits per heavy atom. The van der Waals surface area contributed by atoms with Crippen LogP contribution in [0.3, 0.4) is 0 Å². The number of amides is 1. The average molecular weight is 258 g/mol. The lowest BCUT2D eigenvalue weighted by Gasteiger charge is -2.32. The fourth-order valence-electron chi connectivity index (χ4n) is 2.89. The van der Waals surface area contributed by atoms with Gasteiger partial charge in [-0.25, -0.2) is 4.98 Å². The number of carbonyl (C=O) groups excluding carboxylic acids is 1. The van der Waals surface area contributed by atoms with Crippen molar-refractivity contribution in [2.24, 2.45) is 0 Å². The first-order valence-electron chi connectivity index (χ1n) is 6.65. The van der Waals surface area contributed by atoms with Crippen molar-refractivity contribution in [2.75, 3.05) is 18.8 Å². The lowest BCUT2D eigenvalue weighted by atomic mass is 10.0. The van der Waals surface area contributed by atoms with Gasteiger partial charge in [0.2, 0.25) is 11.9 Å². The van der Waals surface area contributed by atoms with E-state index in [1.165, 1.54) is 0 Å². The highest BCUT2D eigenvalue weighted by Crippen LogP contribution is 2.29. The molecule has 100 valence electrons. The van der Waals surface area contributed by atoms with E-state index >= 15 is 0 Å². The van der Waals surface area contributed by atoms with Crippen molar-refractivity contribution in [3.63, 3.8) is 0 Å². The molecule has 1 amide bonds. The summed E-state index contributed by atoms with van der Waals surface area (Å²) in [5.74, 6) is 0.726. The van der Waals surface area contributed by atoms with E-state index in [4.69, 9.17) is 5.73 Å². The first-order chi connectivity index (χ1) is 9.16. The van der Waals surface area contributed by atoms with E-state index in [2.05, 4.69) is 15.6 Å². The molecule has 1 aliphatic rings. The van der Waals surface area contributed by atoms with E-state index < -0.39 is 0 Å². The van der Waals surface area contributed by atoms with Gasteiger partial charge in [-0.1, -0.05) is 12.1 Å². The largest absolute Gasteiger partial charge is 0.369 e. The molecule has 5 heteroatoms. The third kappa shape index (κ3) is 2.05. The van der Waals surface area contributed by atoms with Gasteiger partial charge in [0, 0.05) is 26.1 Å². The summed E-state index contributed by atoms with van der Waals surface area (Å²) in [6.45, 7) is 3.22. The van der Waals surface area contributed by atoms with Gasteiger partial charge in [-0.15, -0.1) is 0 Å². The molecule has 19 heavy (non-hydrogen) atoms. The Labute approximate surface area is 112 Å². The van der Waals surface area contributed by atoms with Crippen molar-refractivity contribution in [3.05, 3.63) is 24.3 Å². The minimum Gasteiger partial charge on any atom is -0.369 e. The van der Waals surface area contributed by atoms with Gasteiger partial charge >= 0.3 is 0 Å². The van der Waals surface area contributed by atoms with Crippen LogP contribution in [0.5, 0.6) is 0 Å². The number of hydrogen-bond acceptors (Lipinski definition) is 3. The van der Waals surface area contributed by atoms with E-state index in [9.17, 15) is 4.79 Å². The van der Waals surface area contributed by atoms with Gasteiger partial charge in [0.15, 0.2) is 0 Å². The summed E-state index contributed by atoms with van der Waals surface area (Å²) in [6, 6.07) is 8.34. The number of imidazole rings is 1. The molecule has 3 rings (SSSR count). The van der Waals surface area contributed by atoms with Gasteiger partial charge in [-0.05, 0) is 25.0 Å². The smallest absolute Gasteiger partial charge is 0.219 e. The molecule has 1 aliphatic heterocycles. The summed E-state index contributed by atoms with van der Waals surface area (Å²) in [4.78, 5) is 17.7. The lowest BCUT2D eigenvalue weighted by Crippen LogP contribution is -2.37. The molecule has 2 heterocycles. The van der Waals surface area contributed by atoms with Crippen LogP contribution in [0.1, 0.15) is 25.8 Å². The molecule has 0 atom stereocenters. The molecule has 0 spiro atoms. The average Bonchev–Trinajstić information content (AvgIpc) is 2.74. The number of fused-ring (bicyclic) bond motifs is 1. The first-order valence-corrected chi connectivity index (χ1v) is 6.65. The summed E-state index contributed by atoms with van der Waals surface area (Å²) < 4.78 is 2.12. The van der Waals surface area contributed by atoms with E-state index in [0.29, 0.717) is 12.0 Å². The fourth-order valence-corrected chi connectivity index (χ4v) is 2.89. The number of anilines is 1. The number of likely N-dealkylation sites (tertiary alicyclic amines) is 1. The van der Waals surface area contributed by atoms with Gasteiger partial charge in [-0.3, -0.25) is 4.79 Å². The number of nitrogen functional groups attached to an aromatic ring is 1. The third-order valence-corrected chi connectivity index (χ3v) is 3.90. The number of hydrogen-bond donors (Lipinski definition) is 1. The predicted octanol–water partition coefficient (Wildman–Crippen LogP) is 1.80. The van der Waals surface area contributed by atoms with Crippen molar-refractivity contribution in [1.82, 2.24) is 14.5 Å². The van der Waals surface area contributed by atoms with Crippen LogP contribution in [0.25, 0.3) is 11.0 Å². The van der Waals surface area contributed by atoms with E-state index in [1.807, 2.05) is 23.1 Å². The highest BCUT2D eigenvalue weighted by Gasteiger charge is 2.24. The summed E-state index contributed by atoms with van der Waals surface area (Å²) in [5.41, 5.74) is 8.07. The number of benzene rings is 1. The van der Waals surface area contributed by atoms with Crippen LogP contribution in [0, 0.1) is 0 Å². The fraction of sp³-hybridized carbons (Fsp3) is 0.429. The molecule has 0 radical (unpaired) electrons. The van der Waals surface area contributed by atoms with Gasteiger partial charge in [0.1, 0.15) is 0 Å². The Morgan fingerprint density at radius 2 is 2.00 bits per heavy atom. The minimum absolute atomic E-state index is 0.155. The molecule has 5 nitrogen and oxygen atoms in total. The van der Waals surface area contributed by atoms with Crippen LogP contribution in [0.2, 0.25) is 0 Å².